The molecule has 0 unspecified atom stereocenters. The summed E-state index contributed by atoms with van der Waals surface area (Å²) in [5, 5.41) is 0.593. The fourth-order valence-corrected chi connectivity index (χ4v) is 1.47. The zero-order valence-corrected chi connectivity index (χ0v) is 8.52. The van der Waals surface area contributed by atoms with Gasteiger partial charge in [0.05, 0.1) is 0 Å². The average Bonchev–Trinajstić information content (AvgIpc) is 2.04. The Morgan fingerprint density at radius 1 is 1.50 bits per heavy atom. The van der Waals surface area contributed by atoms with E-state index in [1.807, 2.05) is 12.3 Å². The number of halogens is 1. The first-order valence-electron chi connectivity index (χ1n) is 4.29. The van der Waals surface area contributed by atoms with Gasteiger partial charge in [-0.05, 0) is 29.5 Å². The lowest BCUT2D eigenvalue weighted by molar-refractivity contribution is 0.838. The normalized spacial score (nSPS) is 10.8. The fraction of sp³-hybridized carbons (Fsp3) is 0.500. The molecule has 0 fully saturated rings. The van der Waals surface area contributed by atoms with Gasteiger partial charge in [-0.1, -0.05) is 32.4 Å². The SMILES string of the molecule is CCc1cnc(Cl)cc1C(C)C. The molecule has 1 nitrogen and oxygen atoms in total. The van der Waals surface area contributed by atoms with Crippen LogP contribution in [0, 0.1) is 0 Å². The third-order valence-electron chi connectivity index (χ3n) is 1.99. The molecule has 66 valence electrons. The van der Waals surface area contributed by atoms with Crippen molar-refractivity contribution in [1.82, 2.24) is 4.98 Å². The van der Waals surface area contributed by atoms with Gasteiger partial charge < -0.3 is 0 Å². The summed E-state index contributed by atoms with van der Waals surface area (Å²) in [6.45, 7) is 6.48. The van der Waals surface area contributed by atoms with Crippen molar-refractivity contribution in [2.45, 2.75) is 33.1 Å². The Balaban J connectivity index is 3.12. The third-order valence-corrected chi connectivity index (χ3v) is 2.20. The minimum atomic E-state index is 0.528. The largest absolute Gasteiger partial charge is 0.244 e. The van der Waals surface area contributed by atoms with E-state index in [4.69, 9.17) is 11.6 Å². The molecule has 0 saturated carbocycles. The van der Waals surface area contributed by atoms with Crippen LogP contribution in [0.2, 0.25) is 5.15 Å². The molecule has 12 heavy (non-hydrogen) atoms. The molecule has 0 aliphatic carbocycles. The quantitative estimate of drug-likeness (QED) is 0.641. The molecule has 1 rings (SSSR count). The van der Waals surface area contributed by atoms with Crippen LogP contribution in [0.5, 0.6) is 0 Å². The summed E-state index contributed by atoms with van der Waals surface area (Å²) in [5.74, 6) is 0.528. The number of hydrogen-bond donors (Lipinski definition) is 0. The van der Waals surface area contributed by atoms with Gasteiger partial charge in [0.1, 0.15) is 5.15 Å². The maximum atomic E-state index is 5.81. The van der Waals surface area contributed by atoms with Crippen LogP contribution in [0.25, 0.3) is 0 Å². The molecule has 2 heteroatoms. The molecule has 0 amide bonds. The van der Waals surface area contributed by atoms with Crippen LogP contribution >= 0.6 is 11.6 Å². The number of aromatic nitrogens is 1. The molecule has 0 spiro atoms. The zero-order chi connectivity index (χ0) is 9.14. The van der Waals surface area contributed by atoms with Crippen LogP contribution in [-0.2, 0) is 6.42 Å². The molecule has 0 bridgehead atoms. The van der Waals surface area contributed by atoms with Crippen LogP contribution in [-0.4, -0.2) is 4.98 Å². The molecule has 1 aromatic rings. The van der Waals surface area contributed by atoms with Crippen LogP contribution in [0.15, 0.2) is 12.3 Å². The standard InChI is InChI=1S/C10H14ClN/c1-4-8-6-12-10(11)5-9(8)7(2)3/h5-7H,4H2,1-3H3. The maximum absolute atomic E-state index is 5.81. The first kappa shape index (κ1) is 9.53. The molecular weight excluding hydrogens is 170 g/mol. The first-order valence-corrected chi connectivity index (χ1v) is 4.67. The highest BCUT2D eigenvalue weighted by Gasteiger charge is 2.05. The van der Waals surface area contributed by atoms with Crippen molar-refractivity contribution in [2.75, 3.05) is 0 Å². The van der Waals surface area contributed by atoms with Crippen LogP contribution in [0.1, 0.15) is 37.8 Å². The van der Waals surface area contributed by atoms with Gasteiger partial charge in [0.25, 0.3) is 0 Å². The topological polar surface area (TPSA) is 12.9 Å². The molecule has 0 atom stereocenters. The third kappa shape index (κ3) is 1.98. The lowest BCUT2D eigenvalue weighted by Crippen LogP contribution is -1.96. The van der Waals surface area contributed by atoms with Crippen molar-refractivity contribution in [3.63, 3.8) is 0 Å². The maximum Gasteiger partial charge on any atom is 0.129 e. The van der Waals surface area contributed by atoms with Gasteiger partial charge in [-0.2, -0.15) is 0 Å². The van der Waals surface area contributed by atoms with Crippen molar-refractivity contribution in [3.05, 3.63) is 28.5 Å². The van der Waals surface area contributed by atoms with E-state index >= 15 is 0 Å². The monoisotopic (exact) mass is 183 g/mol. The number of pyridine rings is 1. The lowest BCUT2D eigenvalue weighted by atomic mass is 9.98. The van der Waals surface area contributed by atoms with E-state index in [0.29, 0.717) is 11.1 Å². The van der Waals surface area contributed by atoms with E-state index in [2.05, 4.69) is 25.8 Å². The predicted octanol–water partition coefficient (Wildman–Crippen LogP) is 3.42. The highest BCUT2D eigenvalue weighted by atomic mass is 35.5. The number of rotatable bonds is 2. The van der Waals surface area contributed by atoms with Crippen molar-refractivity contribution < 1.29 is 0 Å². The van der Waals surface area contributed by atoms with Gasteiger partial charge in [0, 0.05) is 6.20 Å². The van der Waals surface area contributed by atoms with Crippen molar-refractivity contribution in [2.24, 2.45) is 0 Å². The highest BCUT2D eigenvalue weighted by Crippen LogP contribution is 2.21. The molecule has 0 radical (unpaired) electrons. The second-order valence-corrected chi connectivity index (χ2v) is 3.60. The Labute approximate surface area is 78.8 Å². The van der Waals surface area contributed by atoms with Crippen molar-refractivity contribution >= 4 is 11.6 Å². The van der Waals surface area contributed by atoms with Crippen LogP contribution in [0.3, 0.4) is 0 Å². The van der Waals surface area contributed by atoms with Gasteiger partial charge in [-0.3, -0.25) is 0 Å². The predicted molar refractivity (Wildman–Crippen MR) is 52.7 cm³/mol. The molecule has 0 N–H and O–H groups in total. The fourth-order valence-electron chi connectivity index (χ4n) is 1.31. The minimum absolute atomic E-state index is 0.528. The summed E-state index contributed by atoms with van der Waals surface area (Å²) in [7, 11) is 0. The van der Waals surface area contributed by atoms with Gasteiger partial charge in [0.2, 0.25) is 0 Å². The Kier molecular flexibility index (Phi) is 3.10. The van der Waals surface area contributed by atoms with Gasteiger partial charge in [0.15, 0.2) is 0 Å². The average molecular weight is 184 g/mol. The molecule has 0 aliphatic rings. The Morgan fingerprint density at radius 2 is 2.17 bits per heavy atom. The lowest BCUT2D eigenvalue weighted by Gasteiger charge is -2.10. The summed E-state index contributed by atoms with van der Waals surface area (Å²) in [6.07, 6.45) is 2.90. The Bertz CT molecular complexity index is 269. The van der Waals surface area contributed by atoms with E-state index in [0.717, 1.165) is 6.42 Å². The van der Waals surface area contributed by atoms with Crippen molar-refractivity contribution in [1.29, 1.82) is 0 Å². The van der Waals surface area contributed by atoms with Crippen LogP contribution in [0.4, 0.5) is 0 Å². The molecule has 0 saturated heterocycles. The van der Waals surface area contributed by atoms with Gasteiger partial charge >= 0.3 is 0 Å². The molecule has 0 aliphatic heterocycles. The van der Waals surface area contributed by atoms with E-state index in [1.165, 1.54) is 11.1 Å². The second-order valence-electron chi connectivity index (χ2n) is 3.21. The van der Waals surface area contributed by atoms with E-state index in [1.54, 1.807) is 0 Å². The smallest absolute Gasteiger partial charge is 0.129 e. The van der Waals surface area contributed by atoms with Crippen LogP contribution < -0.4 is 0 Å². The first-order chi connectivity index (χ1) is 5.65. The summed E-state index contributed by atoms with van der Waals surface area (Å²) < 4.78 is 0. The molecule has 0 aromatic carbocycles. The Hall–Kier alpha value is -0.560. The van der Waals surface area contributed by atoms with Gasteiger partial charge in [-0.25, -0.2) is 4.98 Å². The van der Waals surface area contributed by atoms with E-state index < -0.39 is 0 Å². The summed E-state index contributed by atoms with van der Waals surface area (Å²) in [6, 6.07) is 1.96. The highest BCUT2D eigenvalue weighted by molar-refractivity contribution is 6.29. The number of nitrogens with zero attached hydrogens (tertiary/aromatic N) is 1. The summed E-state index contributed by atoms with van der Waals surface area (Å²) in [4.78, 5) is 4.06. The zero-order valence-electron chi connectivity index (χ0n) is 7.76. The molecule has 1 heterocycles. The summed E-state index contributed by atoms with van der Waals surface area (Å²) >= 11 is 5.81. The van der Waals surface area contributed by atoms with Gasteiger partial charge in [-0.15, -0.1) is 0 Å². The molecule has 1 aromatic heterocycles. The van der Waals surface area contributed by atoms with E-state index in [-0.39, 0.29) is 0 Å². The minimum Gasteiger partial charge on any atom is -0.244 e. The van der Waals surface area contributed by atoms with Crippen molar-refractivity contribution in [3.8, 4) is 0 Å². The second kappa shape index (κ2) is 3.90. The molecular formula is C10H14ClN. The number of aryl methyl sites for hydroxylation is 1. The Morgan fingerprint density at radius 3 is 2.67 bits per heavy atom. The summed E-state index contributed by atoms with van der Waals surface area (Å²) in [5.41, 5.74) is 2.62. The van der Waals surface area contributed by atoms with E-state index in [9.17, 15) is 0 Å². The number of hydrogen-bond acceptors (Lipinski definition) is 1.